The van der Waals surface area contributed by atoms with Crippen molar-refractivity contribution in [3.05, 3.63) is 12.7 Å². The van der Waals surface area contributed by atoms with E-state index in [4.69, 9.17) is 4.74 Å². The third-order valence-corrected chi connectivity index (χ3v) is 1.68. The van der Waals surface area contributed by atoms with E-state index < -0.39 is 0 Å². The Morgan fingerprint density at radius 2 is 2.45 bits per heavy atom. The Labute approximate surface area is 75.7 Å². The molecule has 0 rings (SSSR count). The topological polar surface area (TPSA) is 26.3 Å². The lowest BCUT2D eigenvalue weighted by Crippen LogP contribution is -2.15. The van der Waals surface area contributed by atoms with Crippen molar-refractivity contribution in [2.24, 2.45) is 0 Å². The molecule has 0 aromatic heterocycles. The Morgan fingerprint density at radius 3 is 2.91 bits per heavy atom. The predicted octanol–water partition coefficient (Wildman–Crippen LogP) is 2.28. The van der Waals surface area contributed by atoms with Gasteiger partial charge in [-0.25, -0.2) is 0 Å². The number of alkyl halides is 1. The second kappa shape index (κ2) is 6.40. The van der Waals surface area contributed by atoms with Gasteiger partial charge in [0.2, 0.25) is 0 Å². The van der Waals surface area contributed by atoms with Gasteiger partial charge in [-0.15, -0.1) is 6.58 Å². The Hall–Kier alpha value is -0.310. The molecular formula is C8H13BrO2. The van der Waals surface area contributed by atoms with E-state index in [1.165, 1.54) is 0 Å². The highest BCUT2D eigenvalue weighted by atomic mass is 79.9. The maximum atomic E-state index is 10.7. The van der Waals surface area contributed by atoms with E-state index in [2.05, 4.69) is 22.5 Å². The lowest BCUT2D eigenvalue weighted by Gasteiger charge is -2.10. The third-order valence-electron chi connectivity index (χ3n) is 1.22. The lowest BCUT2D eigenvalue weighted by molar-refractivity contribution is -0.144. The van der Waals surface area contributed by atoms with E-state index in [1.54, 1.807) is 0 Å². The van der Waals surface area contributed by atoms with Crippen LogP contribution in [0.3, 0.4) is 0 Å². The number of carbonyl (C=O) groups is 1. The van der Waals surface area contributed by atoms with Crippen molar-refractivity contribution >= 4 is 21.9 Å². The van der Waals surface area contributed by atoms with Gasteiger partial charge in [-0.3, -0.25) is 4.79 Å². The molecule has 0 radical (unpaired) electrons. The van der Waals surface area contributed by atoms with Crippen molar-refractivity contribution < 1.29 is 9.53 Å². The normalized spacial score (nSPS) is 12.2. The van der Waals surface area contributed by atoms with Crippen molar-refractivity contribution in [2.45, 2.75) is 25.9 Å². The highest BCUT2D eigenvalue weighted by molar-refractivity contribution is 9.09. The van der Waals surface area contributed by atoms with Crippen LogP contribution in [0.2, 0.25) is 0 Å². The van der Waals surface area contributed by atoms with Crippen LogP contribution >= 0.6 is 15.9 Å². The second-order valence-electron chi connectivity index (χ2n) is 2.30. The molecule has 0 aliphatic heterocycles. The summed E-state index contributed by atoms with van der Waals surface area (Å²) in [7, 11) is 0. The molecule has 0 saturated heterocycles. The fourth-order valence-corrected chi connectivity index (χ4v) is 0.800. The molecule has 11 heavy (non-hydrogen) atoms. The van der Waals surface area contributed by atoms with E-state index >= 15 is 0 Å². The van der Waals surface area contributed by atoms with Crippen LogP contribution in [0, 0.1) is 0 Å². The van der Waals surface area contributed by atoms with Crippen LogP contribution in [0.5, 0.6) is 0 Å². The molecule has 0 aromatic carbocycles. The van der Waals surface area contributed by atoms with Gasteiger partial charge in [0.1, 0.15) is 5.33 Å². The van der Waals surface area contributed by atoms with Gasteiger partial charge < -0.3 is 4.74 Å². The first-order valence-electron chi connectivity index (χ1n) is 3.57. The first kappa shape index (κ1) is 10.7. The average molecular weight is 221 g/mol. The van der Waals surface area contributed by atoms with E-state index in [0.29, 0.717) is 0 Å². The summed E-state index contributed by atoms with van der Waals surface area (Å²) in [5.41, 5.74) is 0. The van der Waals surface area contributed by atoms with Crippen LogP contribution in [-0.4, -0.2) is 17.4 Å². The van der Waals surface area contributed by atoms with Gasteiger partial charge in [0.15, 0.2) is 0 Å². The van der Waals surface area contributed by atoms with Crippen LogP contribution in [-0.2, 0) is 9.53 Å². The van der Waals surface area contributed by atoms with E-state index in [1.807, 2.05) is 13.0 Å². The number of allylic oxidation sites excluding steroid dienone is 1. The van der Waals surface area contributed by atoms with E-state index in [0.717, 1.165) is 12.8 Å². The molecule has 0 N–H and O–H groups in total. The summed E-state index contributed by atoms with van der Waals surface area (Å²) in [5.74, 6) is -0.207. The summed E-state index contributed by atoms with van der Waals surface area (Å²) >= 11 is 3.02. The van der Waals surface area contributed by atoms with Gasteiger partial charge in [0.05, 0.1) is 6.10 Å². The molecule has 0 spiro atoms. The number of carbonyl (C=O) groups excluding carboxylic acids is 1. The van der Waals surface area contributed by atoms with Crippen LogP contribution in [0.25, 0.3) is 0 Å². The van der Waals surface area contributed by atoms with Crippen molar-refractivity contribution in [1.29, 1.82) is 0 Å². The molecule has 0 heterocycles. The molecule has 0 bridgehead atoms. The van der Waals surface area contributed by atoms with Crippen LogP contribution < -0.4 is 0 Å². The average Bonchev–Trinajstić information content (AvgIpc) is 2.00. The predicted molar refractivity (Wildman–Crippen MR) is 48.8 cm³/mol. The standard InChI is InChI=1S/C8H13BrO2/c1-3-4-5-7(2)11-8(10)6-9/h3,7H,1,4-6H2,2H3/t7-/m1/s1. The molecule has 1 atom stereocenters. The number of hydrogen-bond donors (Lipinski definition) is 0. The monoisotopic (exact) mass is 220 g/mol. The molecule has 0 amide bonds. The minimum Gasteiger partial charge on any atom is -0.462 e. The third kappa shape index (κ3) is 6.10. The fourth-order valence-electron chi connectivity index (χ4n) is 0.667. The SMILES string of the molecule is C=CCC[C@@H](C)OC(=O)CBr. The van der Waals surface area contributed by atoms with Crippen LogP contribution in [0.4, 0.5) is 0 Å². The van der Waals surface area contributed by atoms with Crippen molar-refractivity contribution in [1.82, 2.24) is 0 Å². The number of rotatable bonds is 5. The Kier molecular flexibility index (Phi) is 6.22. The lowest BCUT2D eigenvalue weighted by atomic mass is 10.2. The minimum atomic E-state index is -0.207. The van der Waals surface area contributed by atoms with Crippen LogP contribution in [0.1, 0.15) is 19.8 Å². The van der Waals surface area contributed by atoms with Gasteiger partial charge in [0, 0.05) is 0 Å². The Morgan fingerprint density at radius 1 is 1.82 bits per heavy atom. The zero-order chi connectivity index (χ0) is 8.69. The Balaban J connectivity index is 3.42. The second-order valence-corrected chi connectivity index (χ2v) is 2.86. The van der Waals surface area contributed by atoms with Crippen molar-refractivity contribution in [3.8, 4) is 0 Å². The molecule has 0 aromatic rings. The van der Waals surface area contributed by atoms with Crippen LogP contribution in [0.15, 0.2) is 12.7 Å². The molecular weight excluding hydrogens is 208 g/mol. The van der Waals surface area contributed by atoms with Crippen molar-refractivity contribution in [3.63, 3.8) is 0 Å². The molecule has 0 unspecified atom stereocenters. The van der Waals surface area contributed by atoms with Gasteiger partial charge >= 0.3 is 5.97 Å². The molecule has 3 heteroatoms. The van der Waals surface area contributed by atoms with E-state index in [9.17, 15) is 4.79 Å². The molecule has 0 aliphatic carbocycles. The summed E-state index contributed by atoms with van der Waals surface area (Å²) < 4.78 is 4.97. The molecule has 2 nitrogen and oxygen atoms in total. The van der Waals surface area contributed by atoms with Gasteiger partial charge in [-0.2, -0.15) is 0 Å². The number of ether oxygens (including phenoxy) is 1. The zero-order valence-electron chi connectivity index (χ0n) is 6.68. The number of hydrogen-bond acceptors (Lipinski definition) is 2. The number of halogens is 1. The van der Waals surface area contributed by atoms with Gasteiger partial charge in [0.25, 0.3) is 0 Å². The minimum absolute atomic E-state index is 0.00181. The summed E-state index contributed by atoms with van der Waals surface area (Å²) in [4.78, 5) is 10.7. The highest BCUT2D eigenvalue weighted by Gasteiger charge is 2.05. The molecule has 0 fully saturated rings. The zero-order valence-corrected chi connectivity index (χ0v) is 8.26. The summed E-state index contributed by atoms with van der Waals surface area (Å²) in [6.45, 7) is 5.46. The van der Waals surface area contributed by atoms with E-state index in [-0.39, 0.29) is 17.4 Å². The smallest absolute Gasteiger partial charge is 0.316 e. The summed E-state index contributed by atoms with van der Waals surface area (Å²) in [6.07, 6.45) is 3.55. The fraction of sp³-hybridized carbons (Fsp3) is 0.625. The van der Waals surface area contributed by atoms with Crippen molar-refractivity contribution in [2.75, 3.05) is 5.33 Å². The summed E-state index contributed by atoms with van der Waals surface area (Å²) in [5, 5.41) is 0.269. The molecule has 64 valence electrons. The maximum Gasteiger partial charge on any atom is 0.316 e. The maximum absolute atomic E-state index is 10.7. The molecule has 0 aliphatic rings. The first-order chi connectivity index (χ1) is 5.20. The molecule has 0 saturated carbocycles. The number of esters is 1. The largest absolute Gasteiger partial charge is 0.462 e. The Bertz CT molecular complexity index is 134. The van der Waals surface area contributed by atoms with Gasteiger partial charge in [-0.05, 0) is 19.8 Å². The summed E-state index contributed by atoms with van der Waals surface area (Å²) in [6, 6.07) is 0. The quantitative estimate of drug-likeness (QED) is 0.404. The highest BCUT2D eigenvalue weighted by Crippen LogP contribution is 2.02. The first-order valence-corrected chi connectivity index (χ1v) is 4.69. The van der Waals surface area contributed by atoms with Gasteiger partial charge in [-0.1, -0.05) is 22.0 Å².